The number of fused-ring (bicyclic) bond motifs is 7. The van der Waals surface area contributed by atoms with Gasteiger partial charge in [0.2, 0.25) is 0 Å². The molecular weight excluding hydrogens is 567 g/mol. The third kappa shape index (κ3) is 4.22. The second kappa shape index (κ2) is 10.2. The summed E-state index contributed by atoms with van der Waals surface area (Å²) in [6.45, 7) is 9.56. The zero-order valence-electron chi connectivity index (χ0n) is 27.6. The van der Waals surface area contributed by atoms with E-state index in [-0.39, 0.29) is 10.8 Å². The van der Waals surface area contributed by atoms with Crippen molar-refractivity contribution in [2.24, 2.45) is 0 Å². The maximum Gasteiger partial charge on any atom is 0.0467 e. The largest absolute Gasteiger partial charge is 0.311 e. The minimum absolute atomic E-state index is 0.0136. The van der Waals surface area contributed by atoms with E-state index < -0.39 is 0 Å². The fourth-order valence-corrected chi connectivity index (χ4v) is 8.74. The molecule has 0 radical (unpaired) electrons. The minimum atomic E-state index is -0.0652. The van der Waals surface area contributed by atoms with E-state index in [1.807, 2.05) is 0 Å². The van der Waals surface area contributed by atoms with E-state index in [1.165, 1.54) is 77.9 Å². The van der Waals surface area contributed by atoms with Gasteiger partial charge in [-0.3, -0.25) is 0 Å². The highest BCUT2D eigenvalue weighted by molar-refractivity contribution is 5.94. The van der Waals surface area contributed by atoms with E-state index in [0.29, 0.717) is 5.92 Å². The highest BCUT2D eigenvalue weighted by Gasteiger charge is 2.43. The third-order valence-corrected chi connectivity index (χ3v) is 11.2. The van der Waals surface area contributed by atoms with Gasteiger partial charge in [-0.25, -0.2) is 0 Å². The maximum atomic E-state index is 2.50. The van der Waals surface area contributed by atoms with Crippen LogP contribution < -0.4 is 4.90 Å². The van der Waals surface area contributed by atoms with Crippen LogP contribution in [-0.4, -0.2) is 0 Å². The van der Waals surface area contributed by atoms with Crippen LogP contribution in [0, 0.1) is 0 Å². The Morgan fingerprint density at radius 1 is 0.532 bits per heavy atom. The first kappa shape index (κ1) is 28.1. The first-order chi connectivity index (χ1) is 22.8. The van der Waals surface area contributed by atoms with Crippen LogP contribution in [-0.2, 0) is 10.8 Å². The molecule has 0 aliphatic heterocycles. The summed E-state index contributed by atoms with van der Waals surface area (Å²) in [6.07, 6.45) is 5.98. The lowest BCUT2D eigenvalue weighted by Gasteiger charge is -2.33. The smallest absolute Gasteiger partial charge is 0.0467 e. The van der Waals surface area contributed by atoms with Crippen molar-refractivity contribution in [2.75, 3.05) is 4.90 Å². The summed E-state index contributed by atoms with van der Waals surface area (Å²) >= 11 is 0. The van der Waals surface area contributed by atoms with Crippen molar-refractivity contribution in [1.82, 2.24) is 0 Å². The SMILES string of the molecule is CC1(C)C2=CC(N(c3cccc(-c4ccccc4)c3)c3ccc4c(c3)-c3cc5ccccc5cc3C4(C)C)=CCC2c2ccccc21. The average Bonchev–Trinajstić information content (AvgIpc) is 3.46. The summed E-state index contributed by atoms with van der Waals surface area (Å²) in [5.41, 5.74) is 16.0. The zero-order valence-corrected chi connectivity index (χ0v) is 27.6. The molecule has 3 aliphatic carbocycles. The molecule has 3 aliphatic rings. The van der Waals surface area contributed by atoms with Gasteiger partial charge in [0.05, 0.1) is 0 Å². The quantitative estimate of drug-likeness (QED) is 0.193. The molecular formula is C46H39N. The molecule has 0 aromatic heterocycles. The Bertz CT molecular complexity index is 2280. The molecule has 0 saturated carbocycles. The summed E-state index contributed by atoms with van der Waals surface area (Å²) in [5.74, 6) is 0.434. The van der Waals surface area contributed by atoms with E-state index in [9.17, 15) is 0 Å². The Kier molecular flexibility index (Phi) is 6.09. The van der Waals surface area contributed by atoms with Crippen molar-refractivity contribution in [3.05, 3.63) is 179 Å². The summed E-state index contributed by atoms with van der Waals surface area (Å²) in [5, 5.41) is 2.60. The van der Waals surface area contributed by atoms with Gasteiger partial charge in [0.1, 0.15) is 0 Å². The normalized spacial score (nSPS) is 18.1. The molecule has 0 saturated heterocycles. The van der Waals surface area contributed by atoms with Crippen molar-refractivity contribution in [3.63, 3.8) is 0 Å². The van der Waals surface area contributed by atoms with Gasteiger partial charge >= 0.3 is 0 Å². The van der Waals surface area contributed by atoms with Crippen LogP contribution >= 0.6 is 0 Å². The van der Waals surface area contributed by atoms with Crippen LogP contribution in [0.1, 0.15) is 62.3 Å². The van der Waals surface area contributed by atoms with Gasteiger partial charge in [-0.05, 0) is 104 Å². The highest BCUT2D eigenvalue weighted by Crippen LogP contribution is 2.55. The molecule has 0 bridgehead atoms. The number of hydrogen-bond donors (Lipinski definition) is 0. The monoisotopic (exact) mass is 605 g/mol. The molecule has 47 heavy (non-hydrogen) atoms. The van der Waals surface area contributed by atoms with E-state index >= 15 is 0 Å². The summed E-state index contributed by atoms with van der Waals surface area (Å²) in [6, 6.07) is 49.6. The van der Waals surface area contributed by atoms with Gasteiger partial charge in [-0.2, -0.15) is 0 Å². The lowest BCUT2D eigenvalue weighted by atomic mass is 9.78. The van der Waals surface area contributed by atoms with Gasteiger partial charge in [0, 0.05) is 33.8 Å². The summed E-state index contributed by atoms with van der Waals surface area (Å²) < 4.78 is 0. The Balaban J connectivity index is 1.23. The molecule has 0 spiro atoms. The number of hydrogen-bond acceptors (Lipinski definition) is 1. The van der Waals surface area contributed by atoms with Crippen molar-refractivity contribution in [2.45, 2.75) is 50.9 Å². The fraction of sp³-hybridized carbons (Fsp3) is 0.174. The van der Waals surface area contributed by atoms with Crippen LogP contribution in [0.15, 0.2) is 157 Å². The number of allylic oxidation sites excluding steroid dienone is 3. The van der Waals surface area contributed by atoms with Gasteiger partial charge in [0.25, 0.3) is 0 Å². The lowest BCUT2D eigenvalue weighted by molar-refractivity contribution is 0.609. The topological polar surface area (TPSA) is 3.24 Å². The Hall–Kier alpha value is -5.14. The molecule has 1 heteroatoms. The van der Waals surface area contributed by atoms with Crippen LogP contribution in [0.25, 0.3) is 33.0 Å². The average molecular weight is 606 g/mol. The molecule has 1 unspecified atom stereocenters. The molecule has 228 valence electrons. The molecule has 0 heterocycles. The fourth-order valence-electron chi connectivity index (χ4n) is 8.74. The molecule has 6 aromatic carbocycles. The van der Waals surface area contributed by atoms with Gasteiger partial charge in [0.15, 0.2) is 0 Å². The molecule has 9 rings (SSSR count). The number of benzene rings is 6. The first-order valence-electron chi connectivity index (χ1n) is 17.0. The number of rotatable bonds is 4. The standard InChI is InChI=1S/C46H39N/c1-45(2)41-20-11-10-19-37(41)38-23-21-36(29-44(38)45)47(34-18-12-17-31(25-34)30-13-6-5-7-14-30)35-22-24-42-40(28-35)39-26-32-15-8-9-16-33(32)27-43(39)46(42,3)4/h5-22,24-29,38H,23H2,1-4H3. The second-order valence-electron chi connectivity index (χ2n) is 14.6. The second-order valence-corrected chi connectivity index (χ2v) is 14.6. The Morgan fingerprint density at radius 2 is 1.21 bits per heavy atom. The Labute approximate surface area is 278 Å². The maximum absolute atomic E-state index is 2.50. The zero-order chi connectivity index (χ0) is 31.9. The van der Waals surface area contributed by atoms with E-state index in [4.69, 9.17) is 0 Å². The van der Waals surface area contributed by atoms with Crippen molar-refractivity contribution in [3.8, 4) is 22.3 Å². The molecule has 1 atom stereocenters. The van der Waals surface area contributed by atoms with Gasteiger partial charge < -0.3 is 4.90 Å². The van der Waals surface area contributed by atoms with Crippen LogP contribution in [0.3, 0.4) is 0 Å². The molecule has 6 aromatic rings. The first-order valence-corrected chi connectivity index (χ1v) is 17.0. The molecule has 0 fully saturated rings. The molecule has 0 amide bonds. The molecule has 1 nitrogen and oxygen atoms in total. The van der Waals surface area contributed by atoms with Crippen LogP contribution in [0.5, 0.6) is 0 Å². The van der Waals surface area contributed by atoms with Gasteiger partial charge in [-0.15, -0.1) is 0 Å². The highest BCUT2D eigenvalue weighted by atomic mass is 15.1. The van der Waals surface area contributed by atoms with Crippen LogP contribution in [0.4, 0.5) is 11.4 Å². The Morgan fingerprint density at radius 3 is 2.04 bits per heavy atom. The van der Waals surface area contributed by atoms with E-state index in [2.05, 4.69) is 178 Å². The van der Waals surface area contributed by atoms with E-state index in [1.54, 1.807) is 0 Å². The number of anilines is 2. The predicted molar refractivity (Wildman–Crippen MR) is 199 cm³/mol. The van der Waals surface area contributed by atoms with Crippen molar-refractivity contribution < 1.29 is 0 Å². The van der Waals surface area contributed by atoms with Crippen LogP contribution in [0.2, 0.25) is 0 Å². The predicted octanol–water partition coefficient (Wildman–Crippen LogP) is 12.2. The summed E-state index contributed by atoms with van der Waals surface area (Å²) in [4.78, 5) is 2.50. The van der Waals surface area contributed by atoms with Crippen molar-refractivity contribution in [1.29, 1.82) is 0 Å². The summed E-state index contributed by atoms with van der Waals surface area (Å²) in [7, 11) is 0. The number of nitrogens with zero attached hydrogens (tertiary/aromatic N) is 1. The molecule has 0 N–H and O–H groups in total. The van der Waals surface area contributed by atoms with E-state index in [0.717, 1.165) is 6.42 Å². The van der Waals surface area contributed by atoms with Gasteiger partial charge in [-0.1, -0.05) is 136 Å². The minimum Gasteiger partial charge on any atom is -0.311 e. The third-order valence-electron chi connectivity index (χ3n) is 11.2. The van der Waals surface area contributed by atoms with Crippen molar-refractivity contribution >= 4 is 22.1 Å². The lowest BCUT2D eigenvalue weighted by Crippen LogP contribution is -2.23.